The monoisotopic (exact) mass is 321 g/mol. The Morgan fingerprint density at radius 3 is 2.55 bits per heavy atom. The standard InChI is InChI=1S/C16H19N3O2.ClH/c1-19(11-12-3-5-15(21-2)6-4-12)16(20)13-7-8-18-14(9-13)10-17;/h3-9H,10-11,17H2,1-2H3;1H. The van der Waals surface area contributed by atoms with Crippen LogP contribution < -0.4 is 10.5 Å². The van der Waals surface area contributed by atoms with Crippen molar-refractivity contribution < 1.29 is 9.53 Å². The van der Waals surface area contributed by atoms with Gasteiger partial charge in [-0.05, 0) is 29.8 Å². The van der Waals surface area contributed by atoms with E-state index in [1.807, 2.05) is 24.3 Å². The molecule has 2 aromatic rings. The fraction of sp³-hybridized carbons (Fsp3) is 0.250. The number of ether oxygens (including phenoxy) is 1. The molecule has 0 aliphatic carbocycles. The number of hydrogen-bond donors (Lipinski definition) is 1. The highest BCUT2D eigenvalue weighted by atomic mass is 35.5. The quantitative estimate of drug-likeness (QED) is 0.917. The highest BCUT2D eigenvalue weighted by molar-refractivity contribution is 5.94. The number of carbonyl (C=O) groups is 1. The van der Waals surface area contributed by atoms with E-state index in [4.69, 9.17) is 10.5 Å². The average Bonchev–Trinajstić information content (AvgIpc) is 2.54. The summed E-state index contributed by atoms with van der Waals surface area (Å²) in [6.45, 7) is 0.854. The van der Waals surface area contributed by atoms with E-state index in [-0.39, 0.29) is 18.3 Å². The van der Waals surface area contributed by atoms with Crippen LogP contribution in [0.3, 0.4) is 0 Å². The molecule has 0 fully saturated rings. The zero-order valence-electron chi connectivity index (χ0n) is 12.7. The van der Waals surface area contributed by atoms with Gasteiger partial charge in [0.05, 0.1) is 12.8 Å². The lowest BCUT2D eigenvalue weighted by atomic mass is 10.1. The molecule has 118 valence electrons. The number of pyridine rings is 1. The lowest BCUT2D eigenvalue weighted by molar-refractivity contribution is 0.0785. The molecule has 0 unspecified atom stereocenters. The average molecular weight is 322 g/mol. The number of nitrogens with two attached hydrogens (primary N) is 1. The molecule has 0 aliphatic heterocycles. The van der Waals surface area contributed by atoms with Crippen LogP contribution >= 0.6 is 12.4 Å². The van der Waals surface area contributed by atoms with Crippen molar-refractivity contribution in [1.82, 2.24) is 9.88 Å². The maximum absolute atomic E-state index is 12.4. The minimum absolute atomic E-state index is 0. The maximum Gasteiger partial charge on any atom is 0.254 e. The van der Waals surface area contributed by atoms with Crippen molar-refractivity contribution in [2.45, 2.75) is 13.1 Å². The normalized spacial score (nSPS) is 9.77. The molecule has 1 aromatic heterocycles. The molecule has 0 bridgehead atoms. The van der Waals surface area contributed by atoms with Gasteiger partial charge in [-0.2, -0.15) is 0 Å². The van der Waals surface area contributed by atoms with Crippen molar-refractivity contribution in [3.63, 3.8) is 0 Å². The van der Waals surface area contributed by atoms with Gasteiger partial charge >= 0.3 is 0 Å². The van der Waals surface area contributed by atoms with Crippen LogP contribution in [0.15, 0.2) is 42.6 Å². The van der Waals surface area contributed by atoms with Crippen molar-refractivity contribution in [3.05, 3.63) is 59.4 Å². The van der Waals surface area contributed by atoms with Gasteiger partial charge in [0.25, 0.3) is 5.91 Å². The van der Waals surface area contributed by atoms with Crippen LogP contribution in [-0.4, -0.2) is 29.9 Å². The summed E-state index contributed by atoms with van der Waals surface area (Å²) >= 11 is 0. The largest absolute Gasteiger partial charge is 0.497 e. The molecular weight excluding hydrogens is 302 g/mol. The number of amides is 1. The van der Waals surface area contributed by atoms with E-state index in [2.05, 4.69) is 4.98 Å². The van der Waals surface area contributed by atoms with Crippen LogP contribution in [0.4, 0.5) is 0 Å². The number of aromatic nitrogens is 1. The predicted octanol–water partition coefficient (Wildman–Crippen LogP) is 2.24. The lowest BCUT2D eigenvalue weighted by Crippen LogP contribution is -2.26. The lowest BCUT2D eigenvalue weighted by Gasteiger charge is -2.17. The molecule has 2 rings (SSSR count). The van der Waals surface area contributed by atoms with Crippen molar-refractivity contribution in [2.24, 2.45) is 5.73 Å². The zero-order valence-corrected chi connectivity index (χ0v) is 13.5. The number of rotatable bonds is 5. The van der Waals surface area contributed by atoms with Crippen molar-refractivity contribution in [1.29, 1.82) is 0 Å². The molecule has 0 spiro atoms. The SMILES string of the molecule is COc1ccc(CN(C)C(=O)c2ccnc(CN)c2)cc1.Cl. The van der Waals surface area contributed by atoms with Gasteiger partial charge < -0.3 is 15.4 Å². The molecule has 0 atom stereocenters. The van der Waals surface area contributed by atoms with Crippen LogP contribution in [0.5, 0.6) is 5.75 Å². The Morgan fingerprint density at radius 1 is 1.27 bits per heavy atom. The van der Waals surface area contributed by atoms with E-state index in [9.17, 15) is 4.79 Å². The minimum atomic E-state index is -0.0529. The van der Waals surface area contributed by atoms with Crippen molar-refractivity contribution >= 4 is 18.3 Å². The molecule has 0 radical (unpaired) electrons. The van der Waals surface area contributed by atoms with Crippen LogP contribution in [0.25, 0.3) is 0 Å². The maximum atomic E-state index is 12.4. The fourth-order valence-corrected chi connectivity index (χ4v) is 2.02. The first-order chi connectivity index (χ1) is 10.1. The van der Waals surface area contributed by atoms with Crippen molar-refractivity contribution in [3.8, 4) is 5.75 Å². The Bertz CT molecular complexity index is 617. The molecule has 5 nitrogen and oxygen atoms in total. The Hall–Kier alpha value is -2.11. The van der Waals surface area contributed by atoms with Gasteiger partial charge in [-0.15, -0.1) is 12.4 Å². The highest BCUT2D eigenvalue weighted by Gasteiger charge is 2.12. The number of nitrogens with zero attached hydrogens (tertiary/aromatic N) is 2. The Kier molecular flexibility index (Phi) is 6.82. The van der Waals surface area contributed by atoms with E-state index < -0.39 is 0 Å². The predicted molar refractivity (Wildman–Crippen MR) is 88.2 cm³/mol. The topological polar surface area (TPSA) is 68.5 Å². The summed E-state index contributed by atoms with van der Waals surface area (Å²) in [7, 11) is 3.40. The van der Waals surface area contributed by atoms with Gasteiger partial charge in [0.1, 0.15) is 5.75 Å². The molecule has 0 saturated carbocycles. The first kappa shape index (κ1) is 17.9. The number of hydrogen-bond acceptors (Lipinski definition) is 4. The summed E-state index contributed by atoms with van der Waals surface area (Å²) in [5.41, 5.74) is 7.89. The smallest absolute Gasteiger partial charge is 0.254 e. The van der Waals surface area contributed by atoms with Gasteiger partial charge in [0, 0.05) is 31.9 Å². The van der Waals surface area contributed by atoms with Crippen LogP contribution in [0.2, 0.25) is 0 Å². The molecule has 0 saturated heterocycles. The summed E-state index contributed by atoms with van der Waals surface area (Å²) in [4.78, 5) is 18.1. The Labute approximate surface area is 136 Å². The molecule has 0 aliphatic rings. The molecule has 1 aromatic carbocycles. The Morgan fingerprint density at radius 2 is 1.95 bits per heavy atom. The first-order valence-corrected chi connectivity index (χ1v) is 6.67. The molecule has 6 heteroatoms. The van der Waals surface area contributed by atoms with E-state index in [0.29, 0.717) is 24.3 Å². The van der Waals surface area contributed by atoms with E-state index in [1.165, 1.54) is 0 Å². The summed E-state index contributed by atoms with van der Waals surface area (Å²) < 4.78 is 5.12. The van der Waals surface area contributed by atoms with Gasteiger partial charge in [-0.1, -0.05) is 12.1 Å². The number of methoxy groups -OCH3 is 1. The summed E-state index contributed by atoms with van der Waals surface area (Å²) in [5.74, 6) is 0.748. The summed E-state index contributed by atoms with van der Waals surface area (Å²) in [6.07, 6.45) is 1.61. The highest BCUT2D eigenvalue weighted by Crippen LogP contribution is 2.14. The number of carbonyl (C=O) groups excluding carboxylic acids is 1. The Balaban J connectivity index is 0.00000242. The third-order valence-electron chi connectivity index (χ3n) is 3.20. The van der Waals surface area contributed by atoms with Gasteiger partial charge in [-0.25, -0.2) is 0 Å². The van der Waals surface area contributed by atoms with E-state index >= 15 is 0 Å². The molecule has 1 amide bonds. The van der Waals surface area contributed by atoms with Crippen molar-refractivity contribution in [2.75, 3.05) is 14.2 Å². The van der Waals surface area contributed by atoms with Crippen LogP contribution in [-0.2, 0) is 13.1 Å². The summed E-state index contributed by atoms with van der Waals surface area (Å²) in [6, 6.07) is 11.1. The van der Waals surface area contributed by atoms with Gasteiger partial charge in [-0.3, -0.25) is 9.78 Å². The second kappa shape index (κ2) is 8.36. The van der Waals surface area contributed by atoms with Crippen LogP contribution in [0, 0.1) is 0 Å². The van der Waals surface area contributed by atoms with E-state index in [1.54, 1.807) is 37.4 Å². The van der Waals surface area contributed by atoms with Gasteiger partial charge in [0.2, 0.25) is 0 Å². The second-order valence-electron chi connectivity index (χ2n) is 4.75. The second-order valence-corrected chi connectivity index (χ2v) is 4.75. The van der Waals surface area contributed by atoms with E-state index in [0.717, 1.165) is 11.3 Å². The van der Waals surface area contributed by atoms with Crippen LogP contribution in [0.1, 0.15) is 21.6 Å². The number of halogens is 1. The number of benzene rings is 1. The molecule has 2 N–H and O–H groups in total. The summed E-state index contributed by atoms with van der Waals surface area (Å²) in [5, 5.41) is 0. The third kappa shape index (κ3) is 4.44. The van der Waals surface area contributed by atoms with Gasteiger partial charge in [0.15, 0.2) is 0 Å². The third-order valence-corrected chi connectivity index (χ3v) is 3.20. The zero-order chi connectivity index (χ0) is 15.2. The minimum Gasteiger partial charge on any atom is -0.497 e. The first-order valence-electron chi connectivity index (χ1n) is 6.67. The molecular formula is C16H20ClN3O2. The fourth-order valence-electron chi connectivity index (χ4n) is 2.02. The molecule has 1 heterocycles. The molecule has 22 heavy (non-hydrogen) atoms.